The molecular formula is C8H4BrF3O2. The SMILES string of the molecule is O=C(O)c1cc(Br)cc(C(F)F)c1F. The number of alkyl halides is 2. The highest BCUT2D eigenvalue weighted by Crippen LogP contribution is 2.28. The molecule has 0 unspecified atom stereocenters. The van der Waals surface area contributed by atoms with E-state index >= 15 is 0 Å². The summed E-state index contributed by atoms with van der Waals surface area (Å²) in [5.41, 5.74) is -1.69. The summed E-state index contributed by atoms with van der Waals surface area (Å²) in [6, 6.07) is 1.79. The number of halogens is 4. The summed E-state index contributed by atoms with van der Waals surface area (Å²) in [4.78, 5) is 10.4. The Balaban J connectivity index is 3.40. The Hall–Kier alpha value is -1.04. The molecule has 2 nitrogen and oxygen atoms in total. The molecule has 0 saturated carbocycles. The van der Waals surface area contributed by atoms with E-state index in [2.05, 4.69) is 15.9 Å². The molecule has 1 N–H and O–H groups in total. The molecule has 1 rings (SSSR count). The Morgan fingerprint density at radius 2 is 2.00 bits per heavy atom. The van der Waals surface area contributed by atoms with Crippen LogP contribution < -0.4 is 0 Å². The molecular weight excluding hydrogens is 265 g/mol. The van der Waals surface area contributed by atoms with Crippen molar-refractivity contribution in [2.45, 2.75) is 6.43 Å². The molecule has 0 spiro atoms. The van der Waals surface area contributed by atoms with E-state index in [0.29, 0.717) is 0 Å². The molecule has 0 radical (unpaired) electrons. The van der Waals surface area contributed by atoms with Gasteiger partial charge in [0.15, 0.2) is 0 Å². The first-order valence-corrected chi connectivity index (χ1v) is 4.23. The van der Waals surface area contributed by atoms with Crippen molar-refractivity contribution in [2.24, 2.45) is 0 Å². The number of hydrogen-bond donors (Lipinski definition) is 1. The number of aromatic carboxylic acids is 1. The first-order chi connectivity index (χ1) is 6.43. The van der Waals surface area contributed by atoms with E-state index in [-0.39, 0.29) is 4.47 Å². The Kier molecular flexibility index (Phi) is 3.15. The first kappa shape index (κ1) is 11.0. The Morgan fingerprint density at radius 1 is 1.43 bits per heavy atom. The highest BCUT2D eigenvalue weighted by molar-refractivity contribution is 9.10. The van der Waals surface area contributed by atoms with Gasteiger partial charge in [-0.15, -0.1) is 0 Å². The lowest BCUT2D eigenvalue weighted by Crippen LogP contribution is -2.04. The molecule has 14 heavy (non-hydrogen) atoms. The zero-order chi connectivity index (χ0) is 10.9. The quantitative estimate of drug-likeness (QED) is 0.894. The minimum absolute atomic E-state index is 0.103. The molecule has 0 saturated heterocycles. The van der Waals surface area contributed by atoms with Crippen LogP contribution in [-0.4, -0.2) is 11.1 Å². The number of carboxylic acids is 1. The van der Waals surface area contributed by atoms with Gasteiger partial charge in [-0.1, -0.05) is 15.9 Å². The van der Waals surface area contributed by atoms with Gasteiger partial charge in [0.1, 0.15) is 5.82 Å². The highest BCUT2D eigenvalue weighted by Gasteiger charge is 2.20. The van der Waals surface area contributed by atoms with E-state index in [1.165, 1.54) is 0 Å². The molecule has 6 heteroatoms. The molecule has 0 aliphatic carbocycles. The molecule has 0 aromatic heterocycles. The molecule has 1 aromatic rings. The second kappa shape index (κ2) is 4.00. The maximum Gasteiger partial charge on any atom is 0.338 e. The van der Waals surface area contributed by atoms with Crippen LogP contribution in [-0.2, 0) is 0 Å². The maximum absolute atomic E-state index is 13.1. The third kappa shape index (κ3) is 2.06. The number of hydrogen-bond acceptors (Lipinski definition) is 1. The molecule has 0 heterocycles. The van der Waals surface area contributed by atoms with Crippen LogP contribution in [0.3, 0.4) is 0 Å². The zero-order valence-corrected chi connectivity index (χ0v) is 8.19. The van der Waals surface area contributed by atoms with Gasteiger partial charge in [0.25, 0.3) is 6.43 Å². The van der Waals surface area contributed by atoms with Gasteiger partial charge in [-0.3, -0.25) is 0 Å². The van der Waals surface area contributed by atoms with E-state index in [0.717, 1.165) is 12.1 Å². The lowest BCUT2D eigenvalue weighted by atomic mass is 10.1. The van der Waals surface area contributed by atoms with Crippen LogP contribution in [0.2, 0.25) is 0 Å². The van der Waals surface area contributed by atoms with Gasteiger partial charge in [0, 0.05) is 4.47 Å². The van der Waals surface area contributed by atoms with E-state index in [9.17, 15) is 18.0 Å². The van der Waals surface area contributed by atoms with Crippen LogP contribution in [0.1, 0.15) is 22.3 Å². The van der Waals surface area contributed by atoms with Crippen LogP contribution in [0, 0.1) is 5.82 Å². The minimum Gasteiger partial charge on any atom is -0.478 e. The largest absolute Gasteiger partial charge is 0.478 e. The number of carbonyl (C=O) groups is 1. The van der Waals surface area contributed by atoms with Crippen molar-refractivity contribution >= 4 is 21.9 Å². The molecule has 0 amide bonds. The van der Waals surface area contributed by atoms with Gasteiger partial charge in [-0.05, 0) is 12.1 Å². The summed E-state index contributed by atoms with van der Waals surface area (Å²) in [7, 11) is 0. The van der Waals surface area contributed by atoms with Crippen molar-refractivity contribution in [3.05, 3.63) is 33.5 Å². The molecule has 0 fully saturated rings. The smallest absolute Gasteiger partial charge is 0.338 e. The van der Waals surface area contributed by atoms with Crippen molar-refractivity contribution in [3.63, 3.8) is 0 Å². The predicted molar refractivity (Wildman–Crippen MR) is 46.0 cm³/mol. The van der Waals surface area contributed by atoms with Crippen LogP contribution in [0.25, 0.3) is 0 Å². The standard InChI is InChI=1S/C8H4BrF3O2/c9-3-1-4(7(11)12)6(10)5(2-3)8(13)14/h1-2,7H,(H,13,14). The lowest BCUT2D eigenvalue weighted by Gasteiger charge is -2.05. The zero-order valence-electron chi connectivity index (χ0n) is 6.60. The summed E-state index contributed by atoms with van der Waals surface area (Å²) in [5.74, 6) is -2.97. The fourth-order valence-electron chi connectivity index (χ4n) is 0.925. The van der Waals surface area contributed by atoms with Crippen molar-refractivity contribution in [2.75, 3.05) is 0 Å². The highest BCUT2D eigenvalue weighted by atomic mass is 79.9. The van der Waals surface area contributed by atoms with Crippen LogP contribution in [0.4, 0.5) is 13.2 Å². The van der Waals surface area contributed by atoms with Crippen LogP contribution in [0.15, 0.2) is 16.6 Å². The third-order valence-corrected chi connectivity index (χ3v) is 1.99. The summed E-state index contributed by atoms with van der Waals surface area (Å²) >= 11 is 2.82. The van der Waals surface area contributed by atoms with Crippen molar-refractivity contribution < 1.29 is 23.1 Å². The van der Waals surface area contributed by atoms with Crippen LogP contribution >= 0.6 is 15.9 Å². The van der Waals surface area contributed by atoms with E-state index < -0.39 is 29.3 Å². The Labute approximate surface area is 85.5 Å². The number of carboxylic acid groups (broad SMARTS) is 1. The number of rotatable bonds is 2. The van der Waals surface area contributed by atoms with E-state index in [1.807, 2.05) is 0 Å². The van der Waals surface area contributed by atoms with Crippen molar-refractivity contribution in [1.29, 1.82) is 0 Å². The van der Waals surface area contributed by atoms with Crippen molar-refractivity contribution in [1.82, 2.24) is 0 Å². The topological polar surface area (TPSA) is 37.3 Å². The Morgan fingerprint density at radius 3 is 2.43 bits per heavy atom. The summed E-state index contributed by atoms with van der Waals surface area (Å²) in [6.45, 7) is 0. The molecule has 0 aliphatic heterocycles. The average Bonchev–Trinajstić information content (AvgIpc) is 2.07. The molecule has 0 aliphatic rings. The average molecular weight is 269 g/mol. The van der Waals surface area contributed by atoms with Gasteiger partial charge < -0.3 is 5.11 Å². The fraction of sp³-hybridized carbons (Fsp3) is 0.125. The third-order valence-electron chi connectivity index (χ3n) is 1.53. The molecule has 0 bridgehead atoms. The van der Waals surface area contributed by atoms with Gasteiger partial charge >= 0.3 is 5.97 Å². The number of benzene rings is 1. The second-order valence-corrected chi connectivity index (χ2v) is 3.38. The van der Waals surface area contributed by atoms with E-state index in [1.54, 1.807) is 0 Å². The van der Waals surface area contributed by atoms with Gasteiger partial charge in [-0.25, -0.2) is 18.0 Å². The normalized spacial score (nSPS) is 10.6. The monoisotopic (exact) mass is 268 g/mol. The maximum atomic E-state index is 13.1. The van der Waals surface area contributed by atoms with Crippen LogP contribution in [0.5, 0.6) is 0 Å². The van der Waals surface area contributed by atoms with E-state index in [4.69, 9.17) is 5.11 Å². The second-order valence-electron chi connectivity index (χ2n) is 2.46. The first-order valence-electron chi connectivity index (χ1n) is 3.44. The molecule has 76 valence electrons. The van der Waals surface area contributed by atoms with Gasteiger partial charge in [0.2, 0.25) is 0 Å². The summed E-state index contributed by atoms with van der Waals surface area (Å²) < 4.78 is 37.6. The summed E-state index contributed by atoms with van der Waals surface area (Å²) in [6.07, 6.45) is -3.04. The minimum atomic E-state index is -3.04. The molecule has 0 atom stereocenters. The molecule has 1 aromatic carbocycles. The van der Waals surface area contributed by atoms with Gasteiger partial charge in [-0.2, -0.15) is 0 Å². The lowest BCUT2D eigenvalue weighted by molar-refractivity contribution is 0.0690. The van der Waals surface area contributed by atoms with Crippen molar-refractivity contribution in [3.8, 4) is 0 Å². The summed E-state index contributed by atoms with van der Waals surface area (Å²) in [5, 5.41) is 8.49. The predicted octanol–water partition coefficient (Wildman–Crippen LogP) is 3.22. The Bertz CT molecular complexity index is 379. The fourth-order valence-corrected chi connectivity index (χ4v) is 1.40. The van der Waals surface area contributed by atoms with Gasteiger partial charge in [0.05, 0.1) is 11.1 Å².